The summed E-state index contributed by atoms with van der Waals surface area (Å²) in [5.74, 6) is -0.595. The van der Waals surface area contributed by atoms with Gasteiger partial charge in [-0.15, -0.1) is 0 Å². The fraction of sp³-hybridized carbons (Fsp3) is 0.368. The van der Waals surface area contributed by atoms with E-state index < -0.39 is 17.9 Å². The van der Waals surface area contributed by atoms with Gasteiger partial charge in [0.05, 0.1) is 30.3 Å². The van der Waals surface area contributed by atoms with Crippen LogP contribution in [0, 0.1) is 0 Å². The minimum atomic E-state index is -0.531. The normalized spacial score (nSPS) is 18.9. The molecular formula is C19H21NO5. The van der Waals surface area contributed by atoms with Crippen molar-refractivity contribution in [2.24, 2.45) is 0 Å². The van der Waals surface area contributed by atoms with Gasteiger partial charge in [-0.1, -0.05) is 12.1 Å². The monoisotopic (exact) mass is 343 g/mol. The molecule has 1 atom stereocenters. The van der Waals surface area contributed by atoms with Crippen molar-refractivity contribution in [3.05, 3.63) is 46.3 Å². The molecule has 6 heteroatoms. The number of rotatable bonds is 4. The Morgan fingerprint density at radius 3 is 2.64 bits per heavy atom. The molecule has 0 saturated heterocycles. The maximum Gasteiger partial charge on any atom is 0.342 e. The molecule has 6 nitrogen and oxygen atoms in total. The van der Waals surface area contributed by atoms with Crippen LogP contribution in [0.2, 0.25) is 0 Å². The zero-order chi connectivity index (χ0) is 18.1. The molecule has 0 bridgehead atoms. The maximum absolute atomic E-state index is 12.6. The van der Waals surface area contributed by atoms with Crippen molar-refractivity contribution in [3.63, 3.8) is 0 Å². The molecule has 0 aromatic heterocycles. The largest absolute Gasteiger partial charge is 0.490 e. The van der Waals surface area contributed by atoms with Crippen LogP contribution in [0.4, 0.5) is 0 Å². The summed E-state index contributed by atoms with van der Waals surface area (Å²) in [5, 5.41) is 3.10. The third-order valence-corrected chi connectivity index (χ3v) is 4.29. The van der Waals surface area contributed by atoms with Gasteiger partial charge < -0.3 is 19.5 Å². The zero-order valence-corrected chi connectivity index (χ0v) is 14.8. The first kappa shape index (κ1) is 17.1. The van der Waals surface area contributed by atoms with Crippen LogP contribution < -0.4 is 14.8 Å². The fourth-order valence-corrected chi connectivity index (χ4v) is 3.34. The summed E-state index contributed by atoms with van der Waals surface area (Å²) in [6.07, 6.45) is 0. The quantitative estimate of drug-likeness (QED) is 0.669. The van der Waals surface area contributed by atoms with E-state index in [2.05, 4.69) is 5.32 Å². The highest BCUT2D eigenvalue weighted by Gasteiger charge is 2.43. The highest BCUT2D eigenvalue weighted by atomic mass is 16.6. The second-order valence-corrected chi connectivity index (χ2v) is 5.85. The van der Waals surface area contributed by atoms with Gasteiger partial charge in [-0.3, -0.25) is 0 Å². The molecule has 132 valence electrons. The number of hydrogen-bond acceptors (Lipinski definition) is 6. The molecule has 2 aliphatic rings. The number of esters is 2. The van der Waals surface area contributed by atoms with Gasteiger partial charge in [-0.2, -0.15) is 0 Å². The van der Waals surface area contributed by atoms with Crippen LogP contribution in [0.25, 0.3) is 0 Å². The summed E-state index contributed by atoms with van der Waals surface area (Å²) >= 11 is 0. The van der Waals surface area contributed by atoms with Crippen molar-refractivity contribution in [2.45, 2.75) is 33.6 Å². The topological polar surface area (TPSA) is 73.9 Å². The Hall–Kier alpha value is -2.76. The van der Waals surface area contributed by atoms with Crippen LogP contribution in [0.3, 0.4) is 0 Å². The Balaban J connectivity index is 2.21. The number of benzene rings is 1. The molecular weight excluding hydrogens is 322 g/mol. The van der Waals surface area contributed by atoms with Crippen LogP contribution >= 0.6 is 0 Å². The molecule has 0 amide bonds. The van der Waals surface area contributed by atoms with E-state index in [0.717, 1.165) is 5.56 Å². The lowest BCUT2D eigenvalue weighted by atomic mass is 9.78. The molecule has 1 unspecified atom stereocenters. The van der Waals surface area contributed by atoms with E-state index in [9.17, 15) is 9.59 Å². The summed E-state index contributed by atoms with van der Waals surface area (Å²) in [5.41, 5.74) is 2.92. The standard InChI is InChI=1S/C19H21NO5/c1-5-23-13-9-7-8-12-16-14(18(21)24-6-2)10(3)20-11(4)15(16)19(22)25-17(12)13/h7-9,16,20H,5-6H2,1-4H3. The van der Waals surface area contributed by atoms with Gasteiger partial charge in [0, 0.05) is 17.0 Å². The molecule has 25 heavy (non-hydrogen) atoms. The number of nitrogens with one attached hydrogen (secondary N) is 1. The number of carbonyl (C=O) groups excluding carboxylic acids is 2. The van der Waals surface area contributed by atoms with Crippen LogP contribution in [0.5, 0.6) is 11.5 Å². The van der Waals surface area contributed by atoms with Crippen LogP contribution in [-0.4, -0.2) is 25.2 Å². The lowest BCUT2D eigenvalue weighted by Gasteiger charge is -2.34. The molecule has 0 saturated carbocycles. The van der Waals surface area contributed by atoms with Gasteiger partial charge in [0.2, 0.25) is 0 Å². The Morgan fingerprint density at radius 1 is 1.20 bits per heavy atom. The van der Waals surface area contributed by atoms with Crippen molar-refractivity contribution in [1.82, 2.24) is 5.32 Å². The molecule has 2 aliphatic heterocycles. The SMILES string of the molecule is CCOC(=O)C1=C(C)NC(C)=C2C(=O)Oc3c(OCC)cccc3C12. The van der Waals surface area contributed by atoms with E-state index in [-0.39, 0.29) is 6.61 Å². The fourth-order valence-electron chi connectivity index (χ4n) is 3.34. The Morgan fingerprint density at radius 2 is 1.96 bits per heavy atom. The maximum atomic E-state index is 12.6. The first-order valence-electron chi connectivity index (χ1n) is 8.33. The minimum Gasteiger partial charge on any atom is -0.490 e. The second kappa shape index (κ2) is 6.63. The Bertz CT molecular complexity index is 806. The van der Waals surface area contributed by atoms with Crippen LogP contribution in [0.15, 0.2) is 40.7 Å². The van der Waals surface area contributed by atoms with Gasteiger partial charge in [-0.05, 0) is 33.8 Å². The summed E-state index contributed by atoms with van der Waals surface area (Å²) in [7, 11) is 0. The second-order valence-electron chi connectivity index (χ2n) is 5.85. The number of allylic oxidation sites excluding steroid dienone is 2. The van der Waals surface area contributed by atoms with E-state index >= 15 is 0 Å². The van der Waals surface area contributed by atoms with Crippen LogP contribution in [0.1, 0.15) is 39.2 Å². The minimum absolute atomic E-state index is 0.261. The van der Waals surface area contributed by atoms with Crippen LogP contribution in [-0.2, 0) is 14.3 Å². The molecule has 2 heterocycles. The molecule has 3 rings (SSSR count). The number of hydrogen-bond donors (Lipinski definition) is 1. The highest BCUT2D eigenvalue weighted by molar-refractivity contribution is 6.02. The first-order valence-corrected chi connectivity index (χ1v) is 8.33. The number of ether oxygens (including phenoxy) is 3. The predicted octanol–water partition coefficient (Wildman–Crippen LogP) is 2.80. The van der Waals surface area contributed by atoms with Gasteiger partial charge in [0.1, 0.15) is 0 Å². The summed E-state index contributed by atoms with van der Waals surface area (Å²) in [6.45, 7) is 7.92. The van der Waals surface area contributed by atoms with Gasteiger partial charge in [0.15, 0.2) is 11.5 Å². The van der Waals surface area contributed by atoms with E-state index in [1.165, 1.54) is 0 Å². The third-order valence-electron chi connectivity index (χ3n) is 4.29. The van der Waals surface area contributed by atoms with Crippen molar-refractivity contribution < 1.29 is 23.8 Å². The number of para-hydroxylation sites is 1. The Kier molecular flexibility index (Phi) is 4.53. The molecule has 1 aromatic rings. The average molecular weight is 343 g/mol. The first-order chi connectivity index (χ1) is 12.0. The smallest absolute Gasteiger partial charge is 0.342 e. The molecule has 0 radical (unpaired) electrons. The van der Waals surface area contributed by atoms with E-state index in [0.29, 0.717) is 40.6 Å². The number of dihydropyridines is 1. The van der Waals surface area contributed by atoms with E-state index in [1.807, 2.05) is 19.1 Å². The van der Waals surface area contributed by atoms with Crippen molar-refractivity contribution in [2.75, 3.05) is 13.2 Å². The lowest BCUT2D eigenvalue weighted by Crippen LogP contribution is -2.36. The van der Waals surface area contributed by atoms with Crippen molar-refractivity contribution in [3.8, 4) is 11.5 Å². The molecule has 0 aliphatic carbocycles. The number of carbonyl (C=O) groups is 2. The van der Waals surface area contributed by atoms with Gasteiger partial charge in [-0.25, -0.2) is 9.59 Å². The Labute approximate surface area is 146 Å². The highest BCUT2D eigenvalue weighted by Crippen LogP contribution is 2.49. The summed E-state index contributed by atoms with van der Waals surface area (Å²) < 4.78 is 16.4. The molecule has 0 fully saturated rings. The average Bonchev–Trinajstić information content (AvgIpc) is 2.55. The van der Waals surface area contributed by atoms with Crippen molar-refractivity contribution in [1.29, 1.82) is 0 Å². The lowest BCUT2D eigenvalue weighted by molar-refractivity contribution is -0.139. The number of fused-ring (bicyclic) bond motifs is 3. The predicted molar refractivity (Wildman–Crippen MR) is 91.2 cm³/mol. The summed E-state index contributed by atoms with van der Waals surface area (Å²) in [4.78, 5) is 25.2. The van der Waals surface area contributed by atoms with E-state index in [1.54, 1.807) is 26.8 Å². The van der Waals surface area contributed by atoms with Gasteiger partial charge in [0.25, 0.3) is 0 Å². The molecule has 1 N–H and O–H groups in total. The third kappa shape index (κ3) is 2.77. The summed E-state index contributed by atoms with van der Waals surface area (Å²) in [6, 6.07) is 5.43. The van der Waals surface area contributed by atoms with E-state index in [4.69, 9.17) is 14.2 Å². The zero-order valence-electron chi connectivity index (χ0n) is 14.8. The molecule has 0 spiro atoms. The van der Waals surface area contributed by atoms with Crippen molar-refractivity contribution >= 4 is 11.9 Å². The van der Waals surface area contributed by atoms with Gasteiger partial charge >= 0.3 is 11.9 Å². The molecule has 1 aromatic carbocycles.